The van der Waals surface area contributed by atoms with Crippen LogP contribution in [-0.4, -0.2) is 28.4 Å². The van der Waals surface area contributed by atoms with Crippen LogP contribution in [0.4, 0.5) is 0 Å². The van der Waals surface area contributed by atoms with E-state index < -0.39 is 6.10 Å². The number of nitrogens with zero attached hydrogens (tertiary/aromatic N) is 2. The summed E-state index contributed by atoms with van der Waals surface area (Å²) in [6, 6.07) is 0. The molecule has 1 unspecified atom stereocenters. The van der Waals surface area contributed by atoms with Gasteiger partial charge in [0, 0.05) is 6.61 Å². The third kappa shape index (κ3) is 3.77. The van der Waals surface area contributed by atoms with Crippen molar-refractivity contribution in [2.75, 3.05) is 13.2 Å². The van der Waals surface area contributed by atoms with E-state index in [0.29, 0.717) is 31.3 Å². The first-order valence-electron chi connectivity index (χ1n) is 7.59. The van der Waals surface area contributed by atoms with Crippen LogP contribution < -0.4 is 5.73 Å². The molecule has 1 aromatic rings. The fourth-order valence-electron chi connectivity index (χ4n) is 2.82. The lowest BCUT2D eigenvalue weighted by Crippen LogP contribution is -2.20. The zero-order chi connectivity index (χ0) is 14.4. The van der Waals surface area contributed by atoms with E-state index in [9.17, 15) is 5.11 Å². The minimum atomic E-state index is -0.783. The van der Waals surface area contributed by atoms with Gasteiger partial charge in [0.2, 0.25) is 5.82 Å². The van der Waals surface area contributed by atoms with Gasteiger partial charge in [0.1, 0.15) is 12.2 Å². The molecule has 0 aliphatic heterocycles. The SMILES string of the molecule is CCOC(c1noc([C@@H](O)CCN)n1)C1CCCCC1. The summed E-state index contributed by atoms with van der Waals surface area (Å²) in [7, 11) is 0. The summed E-state index contributed by atoms with van der Waals surface area (Å²) in [5.74, 6) is 1.25. The Balaban J connectivity index is 2.08. The molecule has 0 spiro atoms. The number of aliphatic hydroxyl groups is 1. The molecule has 1 heterocycles. The van der Waals surface area contributed by atoms with Gasteiger partial charge >= 0.3 is 0 Å². The maximum Gasteiger partial charge on any atom is 0.255 e. The summed E-state index contributed by atoms with van der Waals surface area (Å²) >= 11 is 0. The van der Waals surface area contributed by atoms with Gasteiger partial charge in [0.05, 0.1) is 0 Å². The van der Waals surface area contributed by atoms with E-state index in [4.69, 9.17) is 15.0 Å². The van der Waals surface area contributed by atoms with Crippen LogP contribution in [0.5, 0.6) is 0 Å². The molecule has 2 atom stereocenters. The van der Waals surface area contributed by atoms with Crippen molar-refractivity contribution in [3.63, 3.8) is 0 Å². The van der Waals surface area contributed by atoms with Crippen molar-refractivity contribution in [1.82, 2.24) is 10.1 Å². The predicted octanol–water partition coefficient (Wildman–Crippen LogP) is 2.11. The van der Waals surface area contributed by atoms with E-state index >= 15 is 0 Å². The molecule has 0 saturated heterocycles. The van der Waals surface area contributed by atoms with Crippen molar-refractivity contribution in [3.05, 3.63) is 11.7 Å². The summed E-state index contributed by atoms with van der Waals surface area (Å²) in [4.78, 5) is 4.31. The van der Waals surface area contributed by atoms with E-state index in [2.05, 4.69) is 10.1 Å². The van der Waals surface area contributed by atoms with Crippen LogP contribution in [0.15, 0.2) is 4.52 Å². The van der Waals surface area contributed by atoms with Crippen molar-refractivity contribution in [2.45, 2.75) is 57.7 Å². The Morgan fingerprint density at radius 1 is 1.40 bits per heavy atom. The fraction of sp³-hybridized carbons (Fsp3) is 0.857. The average Bonchev–Trinajstić information content (AvgIpc) is 2.95. The lowest BCUT2D eigenvalue weighted by atomic mass is 9.85. The van der Waals surface area contributed by atoms with E-state index in [1.54, 1.807) is 0 Å². The molecule has 3 N–H and O–H groups in total. The Morgan fingerprint density at radius 3 is 2.80 bits per heavy atom. The molecule has 6 nitrogen and oxygen atoms in total. The normalized spacial score (nSPS) is 19.9. The second-order valence-electron chi connectivity index (χ2n) is 5.36. The molecule has 2 rings (SSSR count). The summed E-state index contributed by atoms with van der Waals surface area (Å²) in [5.41, 5.74) is 5.42. The van der Waals surface area contributed by atoms with Crippen LogP contribution in [0.25, 0.3) is 0 Å². The number of nitrogens with two attached hydrogens (primary N) is 1. The number of ether oxygens (including phenoxy) is 1. The summed E-state index contributed by atoms with van der Waals surface area (Å²) < 4.78 is 11.0. The minimum Gasteiger partial charge on any atom is -0.383 e. The van der Waals surface area contributed by atoms with Gasteiger partial charge < -0.3 is 20.1 Å². The molecule has 20 heavy (non-hydrogen) atoms. The van der Waals surface area contributed by atoms with Crippen LogP contribution in [0.3, 0.4) is 0 Å². The van der Waals surface area contributed by atoms with Crippen LogP contribution >= 0.6 is 0 Å². The average molecular weight is 283 g/mol. The highest BCUT2D eigenvalue weighted by Crippen LogP contribution is 2.36. The van der Waals surface area contributed by atoms with Crippen LogP contribution in [-0.2, 0) is 4.74 Å². The monoisotopic (exact) mass is 283 g/mol. The van der Waals surface area contributed by atoms with Gasteiger partial charge in [0.15, 0.2) is 0 Å². The molecule has 0 amide bonds. The van der Waals surface area contributed by atoms with Gasteiger partial charge in [-0.3, -0.25) is 0 Å². The Hall–Kier alpha value is -0.980. The number of hydrogen-bond acceptors (Lipinski definition) is 6. The van der Waals surface area contributed by atoms with Crippen molar-refractivity contribution in [3.8, 4) is 0 Å². The largest absolute Gasteiger partial charge is 0.383 e. The molecule has 0 radical (unpaired) electrons. The molecule has 1 fully saturated rings. The Morgan fingerprint density at radius 2 is 2.15 bits per heavy atom. The summed E-state index contributed by atoms with van der Waals surface area (Å²) in [6.45, 7) is 2.98. The molecule has 0 aromatic carbocycles. The highest BCUT2D eigenvalue weighted by atomic mass is 16.5. The Labute approximate surface area is 119 Å². The number of aliphatic hydroxyl groups excluding tert-OH is 1. The van der Waals surface area contributed by atoms with Crippen molar-refractivity contribution < 1.29 is 14.4 Å². The van der Waals surface area contributed by atoms with E-state index in [-0.39, 0.29) is 12.0 Å². The third-order valence-electron chi connectivity index (χ3n) is 3.86. The van der Waals surface area contributed by atoms with E-state index in [1.165, 1.54) is 19.3 Å². The number of hydrogen-bond donors (Lipinski definition) is 2. The Bertz CT molecular complexity index is 391. The highest BCUT2D eigenvalue weighted by molar-refractivity contribution is 4.97. The second-order valence-corrected chi connectivity index (χ2v) is 5.36. The first-order chi connectivity index (χ1) is 9.76. The lowest BCUT2D eigenvalue weighted by Gasteiger charge is -2.27. The zero-order valence-electron chi connectivity index (χ0n) is 12.1. The van der Waals surface area contributed by atoms with Crippen molar-refractivity contribution >= 4 is 0 Å². The van der Waals surface area contributed by atoms with E-state index in [1.807, 2.05) is 6.92 Å². The van der Waals surface area contributed by atoms with Gasteiger partial charge in [-0.25, -0.2) is 0 Å². The van der Waals surface area contributed by atoms with E-state index in [0.717, 1.165) is 12.8 Å². The van der Waals surface area contributed by atoms with Gasteiger partial charge in [-0.1, -0.05) is 24.4 Å². The van der Waals surface area contributed by atoms with Gasteiger partial charge in [-0.05, 0) is 38.6 Å². The van der Waals surface area contributed by atoms with Gasteiger partial charge in [-0.2, -0.15) is 4.98 Å². The molecule has 1 aliphatic carbocycles. The first-order valence-corrected chi connectivity index (χ1v) is 7.59. The molecule has 1 saturated carbocycles. The maximum absolute atomic E-state index is 9.84. The number of rotatable bonds is 7. The van der Waals surface area contributed by atoms with Crippen LogP contribution in [0, 0.1) is 5.92 Å². The lowest BCUT2D eigenvalue weighted by molar-refractivity contribution is -0.00145. The summed E-state index contributed by atoms with van der Waals surface area (Å²) in [6.07, 6.45) is 5.55. The van der Waals surface area contributed by atoms with Crippen LogP contribution in [0.2, 0.25) is 0 Å². The Kier molecular flexibility index (Phi) is 5.94. The smallest absolute Gasteiger partial charge is 0.255 e. The predicted molar refractivity (Wildman–Crippen MR) is 73.9 cm³/mol. The highest BCUT2D eigenvalue weighted by Gasteiger charge is 2.30. The van der Waals surface area contributed by atoms with Crippen molar-refractivity contribution in [2.24, 2.45) is 11.7 Å². The molecule has 114 valence electrons. The molecule has 0 bridgehead atoms. The van der Waals surface area contributed by atoms with Crippen LogP contribution in [0.1, 0.15) is 69.4 Å². The number of aromatic nitrogens is 2. The standard InChI is InChI=1S/C14H25N3O3/c1-2-19-12(10-6-4-3-5-7-10)13-16-14(20-17-13)11(18)8-9-15/h10-12,18H,2-9,15H2,1H3/t11-,12?/m0/s1. The third-order valence-corrected chi connectivity index (χ3v) is 3.86. The zero-order valence-corrected chi connectivity index (χ0v) is 12.1. The summed E-state index contributed by atoms with van der Waals surface area (Å²) in [5, 5.41) is 13.8. The molecular weight excluding hydrogens is 258 g/mol. The molecule has 6 heteroatoms. The quantitative estimate of drug-likeness (QED) is 0.796. The molecule has 1 aromatic heterocycles. The van der Waals surface area contributed by atoms with Crippen molar-refractivity contribution in [1.29, 1.82) is 0 Å². The topological polar surface area (TPSA) is 94.4 Å². The first kappa shape index (κ1) is 15.4. The van der Waals surface area contributed by atoms with Gasteiger partial charge in [-0.15, -0.1) is 0 Å². The van der Waals surface area contributed by atoms with Gasteiger partial charge in [0.25, 0.3) is 5.89 Å². The second kappa shape index (κ2) is 7.71. The molecule has 1 aliphatic rings. The minimum absolute atomic E-state index is 0.122. The fourth-order valence-corrected chi connectivity index (χ4v) is 2.82. The maximum atomic E-state index is 9.84. The molecular formula is C14H25N3O3.